The van der Waals surface area contributed by atoms with Crippen LogP contribution in [-0.2, 0) is 17.9 Å². The molecule has 5 aromatic carbocycles. The van der Waals surface area contributed by atoms with E-state index in [1.165, 1.54) is 44.1 Å². The number of benzene rings is 5. The summed E-state index contributed by atoms with van der Waals surface area (Å²) in [4.78, 5) is 9.78. The molecule has 0 amide bonds. The second kappa shape index (κ2) is 10.1. The van der Waals surface area contributed by atoms with Crippen molar-refractivity contribution in [1.29, 1.82) is 0 Å². The Bertz CT molecular complexity index is 2410. The minimum atomic E-state index is -0.617. The molecule has 1 aliphatic rings. The van der Waals surface area contributed by atoms with Gasteiger partial charge in [-0.05, 0) is 64.2 Å². The van der Waals surface area contributed by atoms with Crippen molar-refractivity contribution < 1.29 is 0 Å². The lowest BCUT2D eigenvalue weighted by molar-refractivity contribution is 0.552. The molecule has 0 atom stereocenters. The molecular weight excluding hydrogens is 573 g/mol. The zero-order valence-electron chi connectivity index (χ0n) is 26.7. The molecule has 3 aromatic heterocycles. The Morgan fingerprint density at radius 3 is 1.94 bits per heavy atom. The lowest BCUT2D eigenvalue weighted by atomic mass is 9.55. The smallest absolute Gasteiger partial charge is 0.139 e. The van der Waals surface area contributed by atoms with Crippen LogP contribution in [-0.4, -0.2) is 19.1 Å². The lowest BCUT2D eigenvalue weighted by Gasteiger charge is -2.47. The summed E-state index contributed by atoms with van der Waals surface area (Å²) in [5, 5.41) is 2.45. The fourth-order valence-electron chi connectivity index (χ4n) is 8.23. The van der Waals surface area contributed by atoms with E-state index in [1.807, 2.05) is 31.7 Å². The van der Waals surface area contributed by atoms with Crippen LogP contribution in [0.5, 0.6) is 0 Å². The molecule has 8 aromatic rings. The normalized spacial score (nSPS) is 14.6. The van der Waals surface area contributed by atoms with Gasteiger partial charge in [-0.25, -0.2) is 4.98 Å². The topological polar surface area (TPSA) is 35.6 Å². The molecule has 3 heterocycles. The Morgan fingerprint density at radius 1 is 0.553 bits per heavy atom. The van der Waals surface area contributed by atoms with Crippen molar-refractivity contribution in [3.05, 3.63) is 186 Å². The maximum Gasteiger partial charge on any atom is 0.139 e. The Labute approximate surface area is 274 Å². The highest BCUT2D eigenvalue weighted by Gasteiger charge is 2.49. The van der Waals surface area contributed by atoms with Crippen LogP contribution < -0.4 is 0 Å². The van der Waals surface area contributed by atoms with Gasteiger partial charge in [0, 0.05) is 53.1 Å². The quantitative estimate of drug-likeness (QED) is 0.200. The predicted molar refractivity (Wildman–Crippen MR) is 191 cm³/mol. The molecule has 0 bridgehead atoms. The summed E-state index contributed by atoms with van der Waals surface area (Å²) in [7, 11) is 2.04. The summed E-state index contributed by atoms with van der Waals surface area (Å²) in [5.41, 5.74) is 11.2. The first-order valence-electron chi connectivity index (χ1n) is 16.2. The summed E-state index contributed by atoms with van der Waals surface area (Å²) in [6.45, 7) is 4.70. The maximum absolute atomic E-state index is 5.13. The van der Waals surface area contributed by atoms with E-state index < -0.39 is 5.41 Å². The molecule has 9 rings (SSSR count). The minimum Gasteiger partial charge on any atom is -0.334 e. The molecule has 0 saturated carbocycles. The molecule has 0 saturated heterocycles. The third-order valence-electron chi connectivity index (χ3n) is 10.3. The number of hydrogen-bond acceptors (Lipinski definition) is 2. The second-order valence-electron chi connectivity index (χ2n) is 13.2. The van der Waals surface area contributed by atoms with E-state index in [2.05, 4.69) is 155 Å². The Hall–Kier alpha value is -5.74. The monoisotopic (exact) mass is 606 g/mol. The van der Waals surface area contributed by atoms with Gasteiger partial charge in [-0.3, -0.25) is 4.98 Å². The van der Waals surface area contributed by atoms with Crippen LogP contribution in [0.1, 0.15) is 47.4 Å². The van der Waals surface area contributed by atoms with Crippen LogP contribution in [0.3, 0.4) is 0 Å². The van der Waals surface area contributed by atoms with Crippen molar-refractivity contribution in [3.63, 3.8) is 0 Å². The molecular formula is C43H34N4. The molecule has 0 fully saturated rings. The van der Waals surface area contributed by atoms with Gasteiger partial charge in [0.1, 0.15) is 5.82 Å². The van der Waals surface area contributed by atoms with Crippen molar-refractivity contribution in [2.45, 2.75) is 24.7 Å². The fraction of sp³-hybridized carbons (Fsp3) is 0.116. The van der Waals surface area contributed by atoms with E-state index in [9.17, 15) is 0 Å². The first-order chi connectivity index (χ1) is 23.0. The van der Waals surface area contributed by atoms with Gasteiger partial charge in [0.05, 0.1) is 22.1 Å². The summed E-state index contributed by atoms with van der Waals surface area (Å²) >= 11 is 0. The van der Waals surface area contributed by atoms with E-state index in [1.54, 1.807) is 0 Å². The molecule has 47 heavy (non-hydrogen) atoms. The van der Waals surface area contributed by atoms with Crippen molar-refractivity contribution in [3.8, 4) is 17.1 Å². The Balaban J connectivity index is 1.40. The zero-order valence-corrected chi connectivity index (χ0v) is 26.7. The molecule has 0 spiro atoms. The number of pyridine rings is 1. The van der Waals surface area contributed by atoms with Crippen LogP contribution in [0, 0.1) is 0 Å². The van der Waals surface area contributed by atoms with Gasteiger partial charge in [-0.2, -0.15) is 0 Å². The van der Waals surface area contributed by atoms with Crippen molar-refractivity contribution in [2.24, 2.45) is 7.05 Å². The number of rotatable bonds is 4. The van der Waals surface area contributed by atoms with E-state index >= 15 is 0 Å². The molecule has 0 N–H and O–H groups in total. The van der Waals surface area contributed by atoms with E-state index in [4.69, 9.17) is 4.98 Å². The highest BCUT2D eigenvalue weighted by Crippen LogP contribution is 2.55. The number of aryl methyl sites for hydroxylation is 1. The summed E-state index contributed by atoms with van der Waals surface area (Å²) in [6.07, 6.45) is 5.78. The molecule has 226 valence electrons. The van der Waals surface area contributed by atoms with Crippen LogP contribution in [0.25, 0.3) is 38.9 Å². The van der Waals surface area contributed by atoms with Crippen molar-refractivity contribution in [2.75, 3.05) is 0 Å². The first-order valence-corrected chi connectivity index (χ1v) is 16.2. The number of fused-ring (bicyclic) bond motifs is 5. The van der Waals surface area contributed by atoms with Crippen LogP contribution in [0.2, 0.25) is 0 Å². The highest BCUT2D eigenvalue weighted by atomic mass is 15.0. The van der Waals surface area contributed by atoms with Crippen LogP contribution >= 0.6 is 0 Å². The van der Waals surface area contributed by atoms with E-state index in [0.29, 0.717) is 0 Å². The molecule has 4 heteroatoms. The highest BCUT2D eigenvalue weighted by molar-refractivity contribution is 6.09. The van der Waals surface area contributed by atoms with Crippen molar-refractivity contribution >= 4 is 21.8 Å². The van der Waals surface area contributed by atoms with Gasteiger partial charge in [-0.15, -0.1) is 0 Å². The zero-order chi connectivity index (χ0) is 31.8. The van der Waals surface area contributed by atoms with Gasteiger partial charge in [0.2, 0.25) is 0 Å². The molecule has 0 radical (unpaired) electrons. The summed E-state index contributed by atoms with van der Waals surface area (Å²) in [5.74, 6) is 0.945. The number of nitrogens with zero attached hydrogens (tertiary/aromatic N) is 4. The SMILES string of the molecule is Cn1ccnc1-c1cccc(-n2c3ccccc3c3ccc(C4(c5ccccn5)c5ccccc5C(C)(C)c5ccccc54)cc32)c1. The summed E-state index contributed by atoms with van der Waals surface area (Å²) < 4.78 is 4.48. The molecule has 0 aliphatic heterocycles. The van der Waals surface area contributed by atoms with E-state index in [-0.39, 0.29) is 5.41 Å². The predicted octanol–water partition coefficient (Wildman–Crippen LogP) is 9.60. The molecule has 0 unspecified atom stereocenters. The van der Waals surface area contributed by atoms with Crippen LogP contribution in [0.15, 0.2) is 152 Å². The number of para-hydroxylation sites is 1. The average Bonchev–Trinajstić information content (AvgIpc) is 3.70. The van der Waals surface area contributed by atoms with E-state index in [0.717, 1.165) is 28.3 Å². The van der Waals surface area contributed by atoms with Crippen LogP contribution in [0.4, 0.5) is 0 Å². The van der Waals surface area contributed by atoms with Crippen molar-refractivity contribution in [1.82, 2.24) is 19.1 Å². The second-order valence-corrected chi connectivity index (χ2v) is 13.2. The number of aromatic nitrogens is 4. The standard InChI is InChI=1S/C43H34N4/c1-42(2)34-16-5-7-18-36(34)43(40-21-10-11-24-44-40,37-19-8-6-17-35(37)42)30-22-23-33-32-15-4-9-20-38(32)47(39(33)28-30)31-14-12-13-29(27-31)41-45-25-26-46(41)3/h4-28H,1-3H3. The van der Waals surface area contributed by atoms with Gasteiger partial charge < -0.3 is 9.13 Å². The number of imidazole rings is 1. The number of hydrogen-bond donors (Lipinski definition) is 0. The Kier molecular flexibility index (Phi) is 5.94. The summed E-state index contributed by atoms with van der Waals surface area (Å²) in [6, 6.07) is 48.8. The minimum absolute atomic E-state index is 0.171. The largest absolute Gasteiger partial charge is 0.334 e. The molecule has 4 nitrogen and oxygen atoms in total. The van der Waals surface area contributed by atoms with Gasteiger partial charge in [0.15, 0.2) is 0 Å². The fourth-order valence-corrected chi connectivity index (χ4v) is 8.23. The van der Waals surface area contributed by atoms with Gasteiger partial charge >= 0.3 is 0 Å². The average molecular weight is 607 g/mol. The third kappa shape index (κ3) is 3.82. The maximum atomic E-state index is 5.13. The first kappa shape index (κ1) is 27.6. The Morgan fingerprint density at radius 2 is 1.23 bits per heavy atom. The lowest BCUT2D eigenvalue weighted by Crippen LogP contribution is -2.42. The molecule has 1 aliphatic carbocycles. The van der Waals surface area contributed by atoms with Gasteiger partial charge in [-0.1, -0.05) is 111 Å². The van der Waals surface area contributed by atoms with Gasteiger partial charge in [0.25, 0.3) is 0 Å². The third-order valence-corrected chi connectivity index (χ3v) is 10.3.